The summed E-state index contributed by atoms with van der Waals surface area (Å²) < 4.78 is 1.70. The summed E-state index contributed by atoms with van der Waals surface area (Å²) in [6, 6.07) is 14.9. The molecule has 3 heterocycles. The molecule has 0 bridgehead atoms. The number of nitrogens with two attached hydrogens (primary N) is 1. The Balaban J connectivity index is 1.16. The molecule has 1 aliphatic carbocycles. The van der Waals surface area contributed by atoms with E-state index < -0.39 is 0 Å². The number of nitrogen functional groups attached to an aromatic ring is 1. The van der Waals surface area contributed by atoms with Crippen molar-refractivity contribution < 1.29 is 4.79 Å². The predicted octanol–water partition coefficient (Wildman–Crippen LogP) is 5.28. The van der Waals surface area contributed by atoms with Gasteiger partial charge in [-0.25, -0.2) is 9.78 Å². The number of fused-ring (bicyclic) bond motifs is 1. The number of rotatable bonds is 5. The summed E-state index contributed by atoms with van der Waals surface area (Å²) in [7, 11) is 2.19. The largest absolute Gasteiger partial charge is 0.383 e. The van der Waals surface area contributed by atoms with E-state index >= 15 is 0 Å². The van der Waals surface area contributed by atoms with E-state index in [1.807, 2.05) is 61.7 Å². The Morgan fingerprint density at radius 3 is 2.44 bits per heavy atom. The second-order valence-corrected chi connectivity index (χ2v) is 11.2. The Labute approximate surface area is 240 Å². The van der Waals surface area contributed by atoms with Crippen molar-refractivity contribution in [2.75, 3.05) is 49.6 Å². The first-order valence-electron chi connectivity index (χ1n) is 14.0. The fraction of sp³-hybridized carbons (Fsp3) is 0.281. The molecule has 4 aromatic rings. The highest BCUT2D eigenvalue weighted by atomic mass is 16.2. The van der Waals surface area contributed by atoms with E-state index in [0.717, 1.165) is 71.8 Å². The third kappa shape index (κ3) is 5.33. The van der Waals surface area contributed by atoms with Gasteiger partial charge in [0, 0.05) is 60.4 Å². The number of likely N-dealkylation sites (N-methyl/N-ethyl adjacent to an activating group) is 1. The highest BCUT2D eigenvalue weighted by molar-refractivity contribution is 6.00. The van der Waals surface area contributed by atoms with Gasteiger partial charge in [0.25, 0.3) is 0 Å². The van der Waals surface area contributed by atoms with Crippen LogP contribution in [-0.4, -0.2) is 69.2 Å². The minimum atomic E-state index is -0.298. The first-order valence-corrected chi connectivity index (χ1v) is 14.0. The molecular weight excluding hydrogens is 512 g/mol. The molecule has 0 spiro atoms. The summed E-state index contributed by atoms with van der Waals surface area (Å²) in [6.45, 7) is 8.63. The van der Waals surface area contributed by atoms with Crippen LogP contribution in [0.25, 0.3) is 22.3 Å². The van der Waals surface area contributed by atoms with E-state index in [1.54, 1.807) is 10.7 Å². The molecule has 1 atom stereocenters. The van der Waals surface area contributed by atoms with Crippen LogP contribution in [0.4, 0.5) is 22.0 Å². The quantitative estimate of drug-likeness (QED) is 0.314. The van der Waals surface area contributed by atoms with Gasteiger partial charge in [-0.15, -0.1) is 0 Å². The number of hydrogen-bond acceptors (Lipinski definition) is 6. The summed E-state index contributed by atoms with van der Waals surface area (Å²) in [5.41, 5.74) is 13.6. The van der Waals surface area contributed by atoms with Crippen molar-refractivity contribution in [1.82, 2.24) is 24.4 Å². The lowest BCUT2D eigenvalue weighted by Gasteiger charge is -2.44. The van der Waals surface area contributed by atoms with Crippen LogP contribution in [0.2, 0.25) is 0 Å². The van der Waals surface area contributed by atoms with Gasteiger partial charge >= 0.3 is 6.03 Å². The number of amides is 2. The van der Waals surface area contributed by atoms with Gasteiger partial charge in [0.15, 0.2) is 5.65 Å². The molecule has 1 saturated heterocycles. The number of nitrogens with one attached hydrogen (secondary N) is 2. The summed E-state index contributed by atoms with van der Waals surface area (Å²) in [5, 5.41) is 10.3. The Hall–Kier alpha value is -4.47. The average Bonchev–Trinajstić information content (AvgIpc) is 3.41. The van der Waals surface area contributed by atoms with E-state index in [9.17, 15) is 4.79 Å². The number of allylic oxidation sites excluding steroid dienone is 2. The van der Waals surface area contributed by atoms with Crippen LogP contribution in [0.1, 0.15) is 24.5 Å². The van der Waals surface area contributed by atoms with Crippen LogP contribution in [0.5, 0.6) is 0 Å². The van der Waals surface area contributed by atoms with Gasteiger partial charge in [0.1, 0.15) is 5.82 Å². The number of anilines is 3. The Bertz CT molecular complexity index is 1650. The number of aromatic nitrogens is 3. The molecule has 4 N–H and O–H groups in total. The van der Waals surface area contributed by atoms with E-state index in [2.05, 4.69) is 57.7 Å². The number of carbonyl (C=O) groups is 1. The fourth-order valence-corrected chi connectivity index (χ4v) is 5.58. The number of carbonyl (C=O) groups excluding carboxylic acids is 1. The maximum absolute atomic E-state index is 12.5. The molecule has 2 aromatic carbocycles. The molecule has 41 heavy (non-hydrogen) atoms. The number of urea groups is 1. The zero-order valence-electron chi connectivity index (χ0n) is 23.8. The smallest absolute Gasteiger partial charge is 0.323 e. The number of para-hydroxylation sites is 1. The molecule has 1 aliphatic heterocycles. The lowest BCUT2D eigenvalue weighted by molar-refractivity contribution is 0.0804. The molecule has 6 rings (SSSR count). The van der Waals surface area contributed by atoms with Crippen molar-refractivity contribution in [2.45, 2.75) is 25.8 Å². The summed E-state index contributed by atoms with van der Waals surface area (Å²) >= 11 is 0. The van der Waals surface area contributed by atoms with Gasteiger partial charge in [-0.1, -0.05) is 48.6 Å². The second kappa shape index (κ2) is 10.8. The number of hydrogen-bond donors (Lipinski definition) is 3. The van der Waals surface area contributed by atoms with Crippen LogP contribution in [0.15, 0.2) is 79.2 Å². The Kier molecular flexibility index (Phi) is 7.07. The standard InChI is InChI=1S/C32H36N8O/c1-22-6-4-5-7-28(22)37-31(41)36-25-10-8-23(9-11-25)26-20-34-30-27(21-35-40(30)29(26)33)24-12-14-32(2,15-13-24)39-18-16-38(3)17-19-39/h4-14,20-21H,15-19,33H2,1-3H3,(H2,36,37,41). The molecule has 210 valence electrons. The monoisotopic (exact) mass is 548 g/mol. The Morgan fingerprint density at radius 2 is 1.73 bits per heavy atom. The maximum atomic E-state index is 12.5. The second-order valence-electron chi connectivity index (χ2n) is 11.2. The zero-order chi connectivity index (χ0) is 28.6. The molecule has 1 fully saturated rings. The van der Waals surface area contributed by atoms with E-state index in [4.69, 9.17) is 10.7 Å². The van der Waals surface area contributed by atoms with E-state index in [1.165, 1.54) is 0 Å². The summed E-state index contributed by atoms with van der Waals surface area (Å²) in [5.74, 6) is 0.516. The van der Waals surface area contributed by atoms with Gasteiger partial charge in [-0.3, -0.25) is 4.90 Å². The van der Waals surface area contributed by atoms with Crippen molar-refractivity contribution in [3.8, 4) is 11.1 Å². The van der Waals surface area contributed by atoms with Crippen LogP contribution < -0.4 is 16.4 Å². The van der Waals surface area contributed by atoms with Gasteiger partial charge in [-0.2, -0.15) is 9.61 Å². The SMILES string of the molecule is Cc1ccccc1NC(=O)Nc1ccc(-c2cnc3c(C4=CCC(C)(N5CCN(C)CC5)C=C4)cnn3c2N)cc1. The first-order chi connectivity index (χ1) is 19.8. The molecule has 2 aliphatic rings. The number of aryl methyl sites for hydroxylation is 1. The molecule has 9 nitrogen and oxygen atoms in total. The molecule has 9 heteroatoms. The summed E-state index contributed by atoms with van der Waals surface area (Å²) in [4.78, 5) is 22.2. The van der Waals surface area contributed by atoms with Gasteiger partial charge in [-0.05, 0) is 62.2 Å². The van der Waals surface area contributed by atoms with Crippen LogP contribution in [-0.2, 0) is 0 Å². The first kappa shape index (κ1) is 26.7. The van der Waals surface area contributed by atoms with Crippen LogP contribution in [0.3, 0.4) is 0 Å². The Morgan fingerprint density at radius 1 is 0.976 bits per heavy atom. The van der Waals surface area contributed by atoms with Crippen molar-refractivity contribution in [1.29, 1.82) is 0 Å². The number of nitrogens with zero attached hydrogens (tertiary/aromatic N) is 5. The summed E-state index contributed by atoms with van der Waals surface area (Å²) in [6.07, 6.45) is 11.4. The fourth-order valence-electron chi connectivity index (χ4n) is 5.58. The normalized spacial score (nSPS) is 19.7. The van der Waals surface area contributed by atoms with Gasteiger partial charge in [0.2, 0.25) is 0 Å². The van der Waals surface area contributed by atoms with Crippen LogP contribution >= 0.6 is 0 Å². The van der Waals surface area contributed by atoms with Crippen molar-refractivity contribution in [3.63, 3.8) is 0 Å². The average molecular weight is 549 g/mol. The van der Waals surface area contributed by atoms with Crippen molar-refractivity contribution in [3.05, 3.63) is 90.3 Å². The third-order valence-corrected chi connectivity index (χ3v) is 8.30. The lowest BCUT2D eigenvalue weighted by Crippen LogP contribution is -2.54. The highest BCUT2D eigenvalue weighted by Gasteiger charge is 2.32. The lowest BCUT2D eigenvalue weighted by atomic mass is 9.86. The van der Waals surface area contributed by atoms with Crippen molar-refractivity contribution >= 4 is 34.4 Å². The topological polar surface area (TPSA) is 104 Å². The molecule has 2 aromatic heterocycles. The minimum Gasteiger partial charge on any atom is -0.383 e. The molecule has 0 saturated carbocycles. The van der Waals surface area contributed by atoms with Crippen molar-refractivity contribution in [2.24, 2.45) is 0 Å². The minimum absolute atomic E-state index is 0.0234. The number of benzene rings is 2. The zero-order valence-corrected chi connectivity index (χ0v) is 23.8. The maximum Gasteiger partial charge on any atom is 0.323 e. The number of piperazine rings is 1. The third-order valence-electron chi connectivity index (χ3n) is 8.30. The molecule has 2 amide bonds. The van der Waals surface area contributed by atoms with E-state index in [-0.39, 0.29) is 11.6 Å². The highest BCUT2D eigenvalue weighted by Crippen LogP contribution is 2.34. The molecule has 1 unspecified atom stereocenters. The van der Waals surface area contributed by atoms with Gasteiger partial charge in [0.05, 0.1) is 6.20 Å². The van der Waals surface area contributed by atoms with E-state index in [0.29, 0.717) is 11.5 Å². The van der Waals surface area contributed by atoms with Crippen LogP contribution in [0, 0.1) is 6.92 Å². The molecular formula is C32H36N8O. The predicted molar refractivity (Wildman–Crippen MR) is 166 cm³/mol. The van der Waals surface area contributed by atoms with Gasteiger partial charge < -0.3 is 21.3 Å². The molecule has 0 radical (unpaired) electrons.